The van der Waals surface area contributed by atoms with Gasteiger partial charge in [0.1, 0.15) is 6.04 Å². The summed E-state index contributed by atoms with van der Waals surface area (Å²) in [4.78, 5) is 24.9. The summed E-state index contributed by atoms with van der Waals surface area (Å²) < 4.78 is 6.99. The van der Waals surface area contributed by atoms with Crippen molar-refractivity contribution in [2.24, 2.45) is 0 Å². The van der Waals surface area contributed by atoms with Crippen LogP contribution >= 0.6 is 0 Å². The van der Waals surface area contributed by atoms with Gasteiger partial charge < -0.3 is 10.1 Å². The van der Waals surface area contributed by atoms with Gasteiger partial charge in [-0.15, -0.1) is 0 Å². The van der Waals surface area contributed by atoms with Gasteiger partial charge in [0.2, 0.25) is 5.91 Å². The Labute approximate surface area is 182 Å². The maximum atomic E-state index is 12.6. The maximum absolute atomic E-state index is 12.6. The van der Waals surface area contributed by atoms with Crippen molar-refractivity contribution in [3.63, 3.8) is 0 Å². The fraction of sp³-hybridized carbons (Fsp3) is 0.240. The van der Waals surface area contributed by atoms with Crippen molar-refractivity contribution in [1.29, 1.82) is 0 Å². The van der Waals surface area contributed by atoms with Crippen LogP contribution in [0.5, 0.6) is 0 Å². The van der Waals surface area contributed by atoms with Gasteiger partial charge in [0.25, 0.3) is 0 Å². The van der Waals surface area contributed by atoms with Crippen molar-refractivity contribution in [3.8, 4) is 5.69 Å². The first-order chi connectivity index (χ1) is 15.0. The Bertz CT molecular complexity index is 1060. The van der Waals surface area contributed by atoms with Crippen LogP contribution in [0.4, 0.5) is 0 Å². The summed E-state index contributed by atoms with van der Waals surface area (Å²) >= 11 is 0. The van der Waals surface area contributed by atoms with Crippen LogP contribution in [0.1, 0.15) is 29.4 Å². The summed E-state index contributed by atoms with van der Waals surface area (Å²) in [6.45, 7) is 5.87. The first-order valence-corrected chi connectivity index (χ1v) is 10.3. The molecule has 0 saturated carbocycles. The van der Waals surface area contributed by atoms with E-state index in [0.29, 0.717) is 6.42 Å². The van der Waals surface area contributed by atoms with E-state index in [1.54, 1.807) is 13.0 Å². The van der Waals surface area contributed by atoms with Crippen LogP contribution < -0.4 is 5.32 Å². The molecule has 31 heavy (non-hydrogen) atoms. The quantitative estimate of drug-likeness (QED) is 0.447. The van der Waals surface area contributed by atoms with Crippen LogP contribution in [0.15, 0.2) is 66.7 Å². The predicted molar refractivity (Wildman–Crippen MR) is 121 cm³/mol. The molecule has 2 aromatic carbocycles. The summed E-state index contributed by atoms with van der Waals surface area (Å²) in [7, 11) is 0. The van der Waals surface area contributed by atoms with Gasteiger partial charge in [0, 0.05) is 23.8 Å². The lowest BCUT2D eigenvalue weighted by Crippen LogP contribution is -2.42. The van der Waals surface area contributed by atoms with Gasteiger partial charge in [-0.05, 0) is 44.5 Å². The molecule has 1 N–H and O–H groups in total. The van der Waals surface area contributed by atoms with Crippen molar-refractivity contribution in [1.82, 2.24) is 15.1 Å². The second-order valence-electron chi connectivity index (χ2n) is 7.17. The molecule has 1 amide bonds. The number of hydrogen-bond acceptors (Lipinski definition) is 4. The lowest BCUT2D eigenvalue weighted by atomic mass is 10.1. The Hall–Kier alpha value is -3.67. The molecule has 1 aromatic heterocycles. The molecule has 1 heterocycles. The molecule has 6 nitrogen and oxygen atoms in total. The number of aryl methyl sites for hydroxylation is 1. The number of aromatic nitrogens is 2. The fourth-order valence-electron chi connectivity index (χ4n) is 3.38. The molecule has 0 fully saturated rings. The minimum atomic E-state index is -0.756. The molecule has 0 aliphatic carbocycles. The van der Waals surface area contributed by atoms with E-state index in [0.717, 1.165) is 28.2 Å². The van der Waals surface area contributed by atoms with E-state index in [2.05, 4.69) is 10.4 Å². The molecule has 6 heteroatoms. The highest BCUT2D eigenvalue weighted by atomic mass is 16.5. The highest BCUT2D eigenvalue weighted by molar-refractivity contribution is 5.95. The monoisotopic (exact) mass is 417 g/mol. The molecule has 3 aromatic rings. The van der Waals surface area contributed by atoms with Crippen LogP contribution in [-0.4, -0.2) is 34.3 Å². The third-order valence-corrected chi connectivity index (χ3v) is 4.92. The third-order valence-electron chi connectivity index (χ3n) is 4.92. The zero-order chi connectivity index (χ0) is 22.2. The fourth-order valence-corrected chi connectivity index (χ4v) is 3.38. The zero-order valence-electron chi connectivity index (χ0n) is 18.0. The smallest absolute Gasteiger partial charge is 0.328 e. The van der Waals surface area contributed by atoms with Gasteiger partial charge in [-0.1, -0.05) is 48.5 Å². The molecule has 0 bridgehead atoms. The number of ether oxygens (including phenoxy) is 1. The van der Waals surface area contributed by atoms with Gasteiger partial charge >= 0.3 is 5.97 Å². The van der Waals surface area contributed by atoms with Gasteiger partial charge in [-0.2, -0.15) is 5.10 Å². The van der Waals surface area contributed by atoms with Crippen molar-refractivity contribution >= 4 is 18.0 Å². The lowest BCUT2D eigenvalue weighted by Gasteiger charge is -2.16. The Balaban J connectivity index is 1.75. The van der Waals surface area contributed by atoms with Crippen LogP contribution in [-0.2, 0) is 20.7 Å². The molecule has 0 aliphatic heterocycles. The number of carbonyl (C=O) groups is 2. The van der Waals surface area contributed by atoms with Gasteiger partial charge in [0.15, 0.2) is 0 Å². The normalized spacial score (nSPS) is 12.0. The average molecular weight is 418 g/mol. The number of para-hydroxylation sites is 1. The topological polar surface area (TPSA) is 73.2 Å². The number of nitrogens with one attached hydrogen (secondary N) is 1. The van der Waals surface area contributed by atoms with E-state index in [9.17, 15) is 9.59 Å². The minimum Gasteiger partial charge on any atom is -0.464 e. The van der Waals surface area contributed by atoms with E-state index < -0.39 is 12.0 Å². The molecule has 1 unspecified atom stereocenters. The van der Waals surface area contributed by atoms with E-state index in [1.165, 1.54) is 6.08 Å². The van der Waals surface area contributed by atoms with Crippen molar-refractivity contribution in [2.45, 2.75) is 33.2 Å². The predicted octanol–water partition coefficient (Wildman–Crippen LogP) is 3.79. The van der Waals surface area contributed by atoms with Gasteiger partial charge in [-0.25, -0.2) is 9.48 Å². The number of benzene rings is 2. The molecule has 1 atom stereocenters. The van der Waals surface area contributed by atoms with E-state index >= 15 is 0 Å². The van der Waals surface area contributed by atoms with Crippen LogP contribution in [0.25, 0.3) is 11.8 Å². The summed E-state index contributed by atoms with van der Waals surface area (Å²) in [5.41, 5.74) is 4.52. The average Bonchev–Trinajstić information content (AvgIpc) is 3.06. The molecule has 0 radical (unpaired) electrons. The van der Waals surface area contributed by atoms with Crippen LogP contribution in [0.2, 0.25) is 0 Å². The highest BCUT2D eigenvalue weighted by Crippen LogP contribution is 2.19. The molecule has 160 valence electrons. The number of rotatable bonds is 8. The summed E-state index contributed by atoms with van der Waals surface area (Å²) in [6, 6.07) is 18.6. The molecular weight excluding hydrogens is 390 g/mol. The van der Waals surface area contributed by atoms with Crippen molar-refractivity contribution in [3.05, 3.63) is 89.3 Å². The number of carbonyl (C=O) groups excluding carboxylic acids is 2. The Morgan fingerprint density at radius 1 is 1.06 bits per heavy atom. The zero-order valence-corrected chi connectivity index (χ0v) is 18.0. The first-order valence-electron chi connectivity index (χ1n) is 10.3. The van der Waals surface area contributed by atoms with Crippen molar-refractivity contribution in [2.75, 3.05) is 6.61 Å². The second kappa shape index (κ2) is 10.4. The number of nitrogens with zero attached hydrogens (tertiary/aromatic N) is 2. The molecule has 0 saturated heterocycles. The first kappa shape index (κ1) is 22.0. The summed E-state index contributed by atoms with van der Waals surface area (Å²) in [5, 5.41) is 7.36. The van der Waals surface area contributed by atoms with Crippen LogP contribution in [0.3, 0.4) is 0 Å². The number of esters is 1. The Kier molecular flexibility index (Phi) is 7.38. The van der Waals surface area contributed by atoms with E-state index in [1.807, 2.05) is 79.2 Å². The van der Waals surface area contributed by atoms with E-state index in [4.69, 9.17) is 4.74 Å². The molecule has 0 spiro atoms. The van der Waals surface area contributed by atoms with Crippen molar-refractivity contribution < 1.29 is 14.3 Å². The maximum Gasteiger partial charge on any atom is 0.328 e. The second-order valence-corrected chi connectivity index (χ2v) is 7.17. The van der Waals surface area contributed by atoms with E-state index in [-0.39, 0.29) is 12.5 Å². The summed E-state index contributed by atoms with van der Waals surface area (Å²) in [6.07, 6.45) is 3.53. The molecular formula is C25H27N3O3. The summed E-state index contributed by atoms with van der Waals surface area (Å²) in [5.74, 6) is -0.808. The Morgan fingerprint density at radius 3 is 2.35 bits per heavy atom. The highest BCUT2D eigenvalue weighted by Gasteiger charge is 2.22. The Morgan fingerprint density at radius 2 is 1.71 bits per heavy atom. The van der Waals surface area contributed by atoms with Gasteiger partial charge in [-0.3, -0.25) is 4.79 Å². The SMILES string of the molecule is CCOC(=O)C(Cc1ccccc1)NC(=O)/C=C/c1c(C)nn(-c2ccccc2)c1C. The minimum absolute atomic E-state index is 0.257. The largest absolute Gasteiger partial charge is 0.464 e. The molecule has 0 aliphatic rings. The molecule has 3 rings (SSSR count). The number of hydrogen-bond donors (Lipinski definition) is 1. The number of amides is 1. The standard InChI is InChI=1S/C25H27N3O3/c1-4-31-25(30)23(17-20-11-7-5-8-12-20)26-24(29)16-15-22-18(2)27-28(19(22)3)21-13-9-6-10-14-21/h5-16,23H,4,17H2,1-3H3,(H,26,29)/b16-15+. The lowest BCUT2D eigenvalue weighted by molar-refractivity contribution is -0.146. The van der Waals surface area contributed by atoms with Gasteiger partial charge in [0.05, 0.1) is 18.0 Å². The third kappa shape index (κ3) is 5.69. The van der Waals surface area contributed by atoms with Crippen LogP contribution in [0, 0.1) is 13.8 Å².